The number of thiophene rings is 1. The van der Waals surface area contributed by atoms with Crippen molar-refractivity contribution in [3.63, 3.8) is 0 Å². The van der Waals surface area contributed by atoms with Crippen LogP contribution in [0.1, 0.15) is 15.2 Å². The van der Waals surface area contributed by atoms with Gasteiger partial charge in [0.25, 0.3) is 0 Å². The summed E-state index contributed by atoms with van der Waals surface area (Å²) in [4.78, 5) is 12.9. The zero-order valence-corrected chi connectivity index (χ0v) is 11.9. The number of aromatic carboxylic acids is 1. The maximum absolute atomic E-state index is 10.9. The molecular formula is C13H13NO3S2. The molecule has 3 N–H and O–H groups in total. The molecule has 0 amide bonds. The first-order valence-electron chi connectivity index (χ1n) is 5.48. The summed E-state index contributed by atoms with van der Waals surface area (Å²) in [6, 6.07) is 9.37. The summed E-state index contributed by atoms with van der Waals surface area (Å²) < 4.78 is 5.09. The van der Waals surface area contributed by atoms with Crippen LogP contribution in [0.25, 0.3) is 0 Å². The van der Waals surface area contributed by atoms with E-state index in [1.54, 1.807) is 24.9 Å². The summed E-state index contributed by atoms with van der Waals surface area (Å²) in [5.74, 6) is 0.543. The normalized spacial score (nSPS) is 10.4. The second-order valence-electron chi connectivity index (χ2n) is 3.76. The van der Waals surface area contributed by atoms with E-state index in [2.05, 4.69) is 0 Å². The molecule has 19 heavy (non-hydrogen) atoms. The van der Waals surface area contributed by atoms with E-state index in [4.69, 9.17) is 15.6 Å². The molecule has 4 nitrogen and oxygen atoms in total. The highest BCUT2D eigenvalue weighted by molar-refractivity contribution is 7.98. The van der Waals surface area contributed by atoms with Crippen LogP contribution in [0.2, 0.25) is 0 Å². The highest BCUT2D eigenvalue weighted by Crippen LogP contribution is 2.31. The predicted octanol–water partition coefficient (Wildman–Crippen LogP) is 3.33. The zero-order valence-electron chi connectivity index (χ0n) is 10.3. The zero-order chi connectivity index (χ0) is 13.8. The van der Waals surface area contributed by atoms with Gasteiger partial charge in [0.2, 0.25) is 0 Å². The second kappa shape index (κ2) is 5.99. The van der Waals surface area contributed by atoms with Crippen molar-refractivity contribution >= 4 is 34.1 Å². The first kappa shape index (κ1) is 13.8. The van der Waals surface area contributed by atoms with Crippen molar-refractivity contribution in [3.05, 3.63) is 40.8 Å². The molecule has 1 heterocycles. The van der Waals surface area contributed by atoms with Crippen LogP contribution in [0.4, 0.5) is 5.00 Å². The Labute approximate surface area is 119 Å². The molecule has 0 spiro atoms. The van der Waals surface area contributed by atoms with E-state index in [0.717, 1.165) is 15.5 Å². The standard InChI is InChI=1S/C13H13NO3S2/c1-17-8-2-4-9(5-3-8)18-7-10-6-11(13(15)16)12(14)19-10/h2-6H,7,14H2,1H3,(H,15,16). The minimum Gasteiger partial charge on any atom is -0.497 e. The smallest absolute Gasteiger partial charge is 0.338 e. The van der Waals surface area contributed by atoms with Gasteiger partial charge in [0, 0.05) is 15.5 Å². The highest BCUT2D eigenvalue weighted by atomic mass is 32.2. The van der Waals surface area contributed by atoms with Crippen LogP contribution in [0, 0.1) is 0 Å². The number of benzene rings is 1. The van der Waals surface area contributed by atoms with Crippen LogP contribution in [0.5, 0.6) is 5.75 Å². The molecule has 1 aromatic carbocycles. The number of carboxylic acid groups (broad SMARTS) is 1. The van der Waals surface area contributed by atoms with E-state index in [1.807, 2.05) is 24.3 Å². The number of carbonyl (C=O) groups is 1. The monoisotopic (exact) mass is 295 g/mol. The molecule has 0 bridgehead atoms. The van der Waals surface area contributed by atoms with Crippen LogP contribution in [0.15, 0.2) is 35.2 Å². The molecule has 6 heteroatoms. The fourth-order valence-corrected chi connectivity index (χ4v) is 3.37. The quantitative estimate of drug-likeness (QED) is 0.828. The largest absolute Gasteiger partial charge is 0.497 e. The number of hydrogen-bond donors (Lipinski definition) is 2. The molecule has 0 radical (unpaired) electrons. The molecule has 0 saturated carbocycles. The Hall–Kier alpha value is -1.66. The van der Waals surface area contributed by atoms with Crippen molar-refractivity contribution in [1.29, 1.82) is 0 Å². The van der Waals surface area contributed by atoms with Gasteiger partial charge < -0.3 is 15.6 Å². The first-order chi connectivity index (χ1) is 9.10. The van der Waals surface area contributed by atoms with Gasteiger partial charge in [-0.2, -0.15) is 0 Å². The molecule has 0 aliphatic heterocycles. The minimum atomic E-state index is -0.977. The van der Waals surface area contributed by atoms with E-state index in [-0.39, 0.29) is 5.56 Å². The van der Waals surface area contributed by atoms with Gasteiger partial charge in [-0.15, -0.1) is 23.1 Å². The summed E-state index contributed by atoms with van der Waals surface area (Å²) >= 11 is 2.95. The lowest BCUT2D eigenvalue weighted by molar-refractivity contribution is 0.0698. The lowest BCUT2D eigenvalue weighted by Crippen LogP contribution is -1.97. The first-order valence-corrected chi connectivity index (χ1v) is 7.28. The van der Waals surface area contributed by atoms with Crippen molar-refractivity contribution in [2.45, 2.75) is 10.6 Å². The fourth-order valence-electron chi connectivity index (χ4n) is 1.52. The number of nitrogens with two attached hydrogens (primary N) is 1. The summed E-state index contributed by atoms with van der Waals surface area (Å²) in [5.41, 5.74) is 5.85. The third kappa shape index (κ3) is 3.42. The Morgan fingerprint density at radius 2 is 2.11 bits per heavy atom. The maximum atomic E-state index is 10.9. The van der Waals surface area contributed by atoms with Gasteiger partial charge in [-0.1, -0.05) is 0 Å². The molecule has 0 unspecified atom stereocenters. The van der Waals surface area contributed by atoms with Gasteiger partial charge in [0.1, 0.15) is 10.8 Å². The molecule has 0 fully saturated rings. The molecule has 100 valence electrons. The topological polar surface area (TPSA) is 72.5 Å². The third-order valence-corrected chi connectivity index (χ3v) is 4.69. The summed E-state index contributed by atoms with van der Waals surface area (Å²) in [6.45, 7) is 0. The van der Waals surface area contributed by atoms with Crippen molar-refractivity contribution in [2.75, 3.05) is 12.8 Å². The number of anilines is 1. The molecule has 2 rings (SSSR count). The Bertz CT molecular complexity index is 578. The number of methoxy groups -OCH3 is 1. The van der Waals surface area contributed by atoms with Crippen LogP contribution >= 0.6 is 23.1 Å². The summed E-state index contributed by atoms with van der Waals surface area (Å²) in [6.07, 6.45) is 0. The van der Waals surface area contributed by atoms with Crippen LogP contribution in [-0.4, -0.2) is 18.2 Å². The Kier molecular flexibility index (Phi) is 4.34. The van der Waals surface area contributed by atoms with E-state index < -0.39 is 5.97 Å². The van der Waals surface area contributed by atoms with Gasteiger partial charge in [0.15, 0.2) is 0 Å². The Morgan fingerprint density at radius 1 is 1.42 bits per heavy atom. The molecule has 0 atom stereocenters. The average molecular weight is 295 g/mol. The van der Waals surface area contributed by atoms with Gasteiger partial charge >= 0.3 is 5.97 Å². The summed E-state index contributed by atoms with van der Waals surface area (Å²) in [5, 5.41) is 9.29. The molecule has 0 aliphatic rings. The van der Waals surface area contributed by atoms with Crippen molar-refractivity contribution in [3.8, 4) is 5.75 Å². The van der Waals surface area contributed by atoms with Crippen molar-refractivity contribution in [1.82, 2.24) is 0 Å². The number of ether oxygens (including phenoxy) is 1. The molecule has 0 saturated heterocycles. The van der Waals surface area contributed by atoms with Gasteiger partial charge in [-0.25, -0.2) is 4.79 Å². The number of rotatable bonds is 5. The number of carboxylic acids is 1. The maximum Gasteiger partial charge on any atom is 0.338 e. The lowest BCUT2D eigenvalue weighted by atomic mass is 10.3. The predicted molar refractivity (Wildman–Crippen MR) is 78.2 cm³/mol. The minimum absolute atomic E-state index is 0.190. The van der Waals surface area contributed by atoms with Gasteiger partial charge in [-0.3, -0.25) is 0 Å². The molecule has 2 aromatic rings. The fraction of sp³-hybridized carbons (Fsp3) is 0.154. The van der Waals surface area contributed by atoms with Gasteiger partial charge in [-0.05, 0) is 30.3 Å². The SMILES string of the molecule is COc1ccc(SCc2cc(C(=O)O)c(N)s2)cc1. The van der Waals surface area contributed by atoms with Crippen molar-refractivity contribution in [2.24, 2.45) is 0 Å². The molecular weight excluding hydrogens is 282 g/mol. The highest BCUT2D eigenvalue weighted by Gasteiger charge is 2.12. The number of thioether (sulfide) groups is 1. The average Bonchev–Trinajstić information content (AvgIpc) is 2.78. The summed E-state index contributed by atoms with van der Waals surface area (Å²) in [7, 11) is 1.63. The van der Waals surface area contributed by atoms with E-state index in [1.165, 1.54) is 11.3 Å². The second-order valence-corrected chi connectivity index (χ2v) is 5.98. The van der Waals surface area contributed by atoms with Crippen LogP contribution in [-0.2, 0) is 5.75 Å². The van der Waals surface area contributed by atoms with E-state index >= 15 is 0 Å². The number of hydrogen-bond acceptors (Lipinski definition) is 5. The number of nitrogen functional groups attached to an aromatic ring is 1. The lowest BCUT2D eigenvalue weighted by Gasteiger charge is -2.02. The molecule has 0 aliphatic carbocycles. The Balaban J connectivity index is 2.01. The van der Waals surface area contributed by atoms with E-state index in [9.17, 15) is 4.79 Å². The third-order valence-electron chi connectivity index (χ3n) is 2.48. The molecule has 1 aromatic heterocycles. The van der Waals surface area contributed by atoms with Gasteiger partial charge in [0.05, 0.1) is 12.7 Å². The van der Waals surface area contributed by atoms with Crippen LogP contribution < -0.4 is 10.5 Å². The van der Waals surface area contributed by atoms with Crippen LogP contribution in [0.3, 0.4) is 0 Å². The van der Waals surface area contributed by atoms with E-state index in [0.29, 0.717) is 10.8 Å². The van der Waals surface area contributed by atoms with Crippen molar-refractivity contribution < 1.29 is 14.6 Å². The Morgan fingerprint density at radius 3 is 2.63 bits per heavy atom.